The fourth-order valence-electron chi connectivity index (χ4n) is 3.58. The first-order valence-electron chi connectivity index (χ1n) is 10.4. The van der Waals surface area contributed by atoms with E-state index in [1.807, 2.05) is 0 Å². The van der Waals surface area contributed by atoms with Crippen molar-refractivity contribution in [3.05, 3.63) is 51.2 Å². The SMILES string of the molecule is CCCC[NH+](C)CCCN(Cc1cccs1)C(=S)Nc1c(C)cc(C)cc1C. The van der Waals surface area contributed by atoms with E-state index < -0.39 is 0 Å². The van der Waals surface area contributed by atoms with Gasteiger partial charge >= 0.3 is 0 Å². The lowest BCUT2D eigenvalue weighted by Crippen LogP contribution is -3.09. The summed E-state index contributed by atoms with van der Waals surface area (Å²) in [5.74, 6) is 0. The minimum atomic E-state index is 0.828. The molecule has 0 aliphatic heterocycles. The summed E-state index contributed by atoms with van der Waals surface area (Å²) >= 11 is 7.64. The summed E-state index contributed by atoms with van der Waals surface area (Å²) in [7, 11) is 2.30. The van der Waals surface area contributed by atoms with Crippen molar-refractivity contribution < 1.29 is 4.90 Å². The fourth-order valence-corrected chi connectivity index (χ4v) is 4.56. The lowest BCUT2D eigenvalue weighted by molar-refractivity contribution is -0.880. The van der Waals surface area contributed by atoms with Crippen molar-refractivity contribution in [1.82, 2.24) is 4.90 Å². The monoisotopic (exact) mass is 418 g/mol. The molecule has 2 N–H and O–H groups in total. The number of thiocarbonyl (C=S) groups is 1. The van der Waals surface area contributed by atoms with Crippen molar-refractivity contribution in [2.45, 2.75) is 53.5 Å². The molecule has 1 heterocycles. The molecular formula is C23H36N3S2+. The summed E-state index contributed by atoms with van der Waals surface area (Å²) in [5, 5.41) is 6.51. The van der Waals surface area contributed by atoms with Gasteiger partial charge in [0.05, 0.1) is 26.7 Å². The normalized spacial score (nSPS) is 12.0. The van der Waals surface area contributed by atoms with Crippen LogP contribution in [0.1, 0.15) is 47.8 Å². The van der Waals surface area contributed by atoms with Crippen LogP contribution in [-0.2, 0) is 6.54 Å². The molecule has 0 aliphatic rings. The zero-order chi connectivity index (χ0) is 20.5. The van der Waals surface area contributed by atoms with Crippen LogP contribution in [0.25, 0.3) is 0 Å². The molecule has 28 heavy (non-hydrogen) atoms. The van der Waals surface area contributed by atoms with E-state index in [-0.39, 0.29) is 0 Å². The molecule has 0 saturated carbocycles. The van der Waals surface area contributed by atoms with Crippen molar-refractivity contribution in [3.8, 4) is 0 Å². The van der Waals surface area contributed by atoms with Crippen LogP contribution in [0.2, 0.25) is 0 Å². The standard InChI is InChI=1S/C23H35N3S2/c1-6-7-11-25(5)12-9-13-26(17-21-10-8-14-28-21)23(27)24-22-19(3)15-18(2)16-20(22)4/h8,10,14-16H,6-7,9,11-13,17H2,1-5H3,(H,24,27)/p+1. The zero-order valence-electron chi connectivity index (χ0n) is 18.1. The number of benzene rings is 1. The predicted molar refractivity (Wildman–Crippen MR) is 128 cm³/mol. The minimum absolute atomic E-state index is 0.828. The van der Waals surface area contributed by atoms with Gasteiger partial charge < -0.3 is 15.1 Å². The number of rotatable bonds is 10. The van der Waals surface area contributed by atoms with Gasteiger partial charge in [-0.15, -0.1) is 11.3 Å². The first-order valence-corrected chi connectivity index (χ1v) is 11.7. The van der Waals surface area contributed by atoms with Gasteiger partial charge in [-0.2, -0.15) is 0 Å². The summed E-state index contributed by atoms with van der Waals surface area (Å²) < 4.78 is 0. The number of thiophene rings is 1. The minimum Gasteiger partial charge on any atom is -0.344 e. The Morgan fingerprint density at radius 3 is 2.43 bits per heavy atom. The van der Waals surface area contributed by atoms with Crippen LogP contribution in [0.15, 0.2) is 29.6 Å². The maximum atomic E-state index is 5.84. The molecule has 0 saturated heterocycles. The lowest BCUT2D eigenvalue weighted by Gasteiger charge is -2.27. The smallest absolute Gasteiger partial charge is 0.173 e. The summed E-state index contributed by atoms with van der Waals surface area (Å²) in [6, 6.07) is 8.74. The molecule has 0 aliphatic carbocycles. The van der Waals surface area contributed by atoms with Crippen molar-refractivity contribution in [2.24, 2.45) is 0 Å². The third-order valence-corrected chi connectivity index (χ3v) is 6.33. The van der Waals surface area contributed by atoms with E-state index in [1.165, 1.54) is 47.5 Å². The second-order valence-corrected chi connectivity index (χ2v) is 9.29. The molecule has 2 rings (SSSR count). The average Bonchev–Trinajstić information content (AvgIpc) is 3.15. The Morgan fingerprint density at radius 2 is 1.82 bits per heavy atom. The predicted octanol–water partition coefficient (Wildman–Crippen LogP) is 4.58. The molecule has 0 radical (unpaired) electrons. The van der Waals surface area contributed by atoms with Gasteiger partial charge in [-0.25, -0.2) is 0 Å². The Bertz CT molecular complexity index is 717. The Balaban J connectivity index is 2.02. The Kier molecular flexibility index (Phi) is 9.42. The molecular weight excluding hydrogens is 382 g/mol. The molecule has 0 fully saturated rings. The number of anilines is 1. The van der Waals surface area contributed by atoms with E-state index in [9.17, 15) is 0 Å². The number of unbranched alkanes of at least 4 members (excludes halogenated alkanes) is 1. The number of nitrogens with one attached hydrogen (secondary N) is 2. The number of aryl methyl sites for hydroxylation is 3. The van der Waals surface area contributed by atoms with Gasteiger partial charge in [-0.1, -0.05) is 37.1 Å². The van der Waals surface area contributed by atoms with Gasteiger partial charge in [0, 0.05) is 23.5 Å². The largest absolute Gasteiger partial charge is 0.344 e. The molecule has 0 amide bonds. The molecule has 0 bridgehead atoms. The van der Waals surface area contributed by atoms with Crippen LogP contribution in [0.4, 0.5) is 5.69 Å². The molecule has 5 heteroatoms. The first kappa shape index (κ1) is 22.9. The number of hydrogen-bond donors (Lipinski definition) is 2. The third kappa shape index (κ3) is 7.19. The molecule has 1 atom stereocenters. The van der Waals surface area contributed by atoms with Crippen LogP contribution >= 0.6 is 23.6 Å². The highest BCUT2D eigenvalue weighted by Gasteiger charge is 2.14. The molecule has 1 aromatic heterocycles. The summed E-state index contributed by atoms with van der Waals surface area (Å²) in [5.41, 5.74) is 4.94. The lowest BCUT2D eigenvalue weighted by atomic mass is 10.1. The second-order valence-electron chi connectivity index (χ2n) is 7.87. The van der Waals surface area contributed by atoms with Gasteiger partial charge in [0.1, 0.15) is 0 Å². The van der Waals surface area contributed by atoms with Gasteiger partial charge in [-0.3, -0.25) is 0 Å². The quantitative estimate of drug-likeness (QED) is 0.551. The molecule has 154 valence electrons. The maximum Gasteiger partial charge on any atom is 0.173 e. The van der Waals surface area contributed by atoms with E-state index >= 15 is 0 Å². The third-order valence-electron chi connectivity index (χ3n) is 5.11. The molecule has 1 aromatic carbocycles. The van der Waals surface area contributed by atoms with Gasteiger partial charge in [0.2, 0.25) is 0 Å². The Hall–Kier alpha value is -1.43. The summed E-state index contributed by atoms with van der Waals surface area (Å²) in [6.45, 7) is 13.0. The van der Waals surface area contributed by atoms with E-state index in [2.05, 4.69) is 74.6 Å². The highest BCUT2D eigenvalue weighted by molar-refractivity contribution is 7.80. The van der Waals surface area contributed by atoms with Gasteiger partial charge in [0.25, 0.3) is 0 Å². The number of nitrogens with zero attached hydrogens (tertiary/aromatic N) is 1. The van der Waals surface area contributed by atoms with Crippen molar-refractivity contribution >= 4 is 34.4 Å². The van der Waals surface area contributed by atoms with E-state index in [0.717, 1.165) is 30.3 Å². The van der Waals surface area contributed by atoms with Crippen LogP contribution in [0.3, 0.4) is 0 Å². The summed E-state index contributed by atoms with van der Waals surface area (Å²) in [6.07, 6.45) is 3.72. The summed E-state index contributed by atoms with van der Waals surface area (Å²) in [4.78, 5) is 5.29. The van der Waals surface area contributed by atoms with Crippen LogP contribution in [0.5, 0.6) is 0 Å². The number of hydrogen-bond acceptors (Lipinski definition) is 2. The molecule has 3 nitrogen and oxygen atoms in total. The van der Waals surface area contributed by atoms with Crippen molar-refractivity contribution in [2.75, 3.05) is 32.0 Å². The molecule has 2 aromatic rings. The zero-order valence-corrected chi connectivity index (χ0v) is 19.7. The topological polar surface area (TPSA) is 19.7 Å². The average molecular weight is 419 g/mol. The fraction of sp³-hybridized carbons (Fsp3) is 0.522. The van der Waals surface area contributed by atoms with Crippen LogP contribution in [-0.4, -0.2) is 36.7 Å². The van der Waals surface area contributed by atoms with Crippen molar-refractivity contribution in [1.29, 1.82) is 0 Å². The highest BCUT2D eigenvalue weighted by atomic mass is 32.1. The maximum absolute atomic E-state index is 5.84. The van der Waals surface area contributed by atoms with E-state index in [4.69, 9.17) is 12.2 Å². The Labute approximate surface area is 180 Å². The molecule has 1 unspecified atom stereocenters. The first-order chi connectivity index (χ1) is 13.4. The Morgan fingerprint density at radius 1 is 1.14 bits per heavy atom. The van der Waals surface area contributed by atoms with Crippen molar-refractivity contribution in [3.63, 3.8) is 0 Å². The van der Waals surface area contributed by atoms with Crippen LogP contribution < -0.4 is 10.2 Å². The van der Waals surface area contributed by atoms with Gasteiger partial charge in [-0.05, 0) is 62.0 Å². The highest BCUT2D eigenvalue weighted by Crippen LogP contribution is 2.23. The van der Waals surface area contributed by atoms with E-state index in [1.54, 1.807) is 16.2 Å². The van der Waals surface area contributed by atoms with Crippen LogP contribution in [0, 0.1) is 20.8 Å². The van der Waals surface area contributed by atoms with Gasteiger partial charge in [0.15, 0.2) is 5.11 Å². The number of quaternary nitrogens is 1. The van der Waals surface area contributed by atoms with E-state index in [0.29, 0.717) is 0 Å². The molecule has 0 spiro atoms. The second kappa shape index (κ2) is 11.5.